The first kappa shape index (κ1) is 28.3. The molecule has 0 aliphatic carbocycles. The van der Waals surface area contributed by atoms with Crippen molar-refractivity contribution in [1.29, 1.82) is 0 Å². The molecule has 0 aromatic heterocycles. The number of carbonyl (C=O) groups is 2. The Morgan fingerprint density at radius 2 is 1.74 bits per heavy atom. The number of aliphatic imine (C=N–C) groups is 1. The fraction of sp³-hybridized carbons (Fsp3) is 0.138. The van der Waals surface area contributed by atoms with Gasteiger partial charge in [0.2, 0.25) is 0 Å². The van der Waals surface area contributed by atoms with Crippen LogP contribution in [0.2, 0.25) is 10.0 Å². The fourth-order valence-corrected chi connectivity index (χ4v) is 5.09. The largest absolute Gasteiger partial charge is 0.506 e. The molecule has 0 atom stereocenters. The van der Waals surface area contributed by atoms with Crippen LogP contribution in [0.25, 0.3) is 6.08 Å². The predicted molar refractivity (Wildman–Crippen MR) is 154 cm³/mol. The highest BCUT2D eigenvalue weighted by Gasteiger charge is 2.34. The standard InChI is InChI=1S/C29H23Cl2NO6S/c1-3-37-29(35)24-25(33)23(39-28(24)32-27(34)18-9-5-4-6-10-18)15-17-13-21(31)26(22(14-17)36-2)38-16-19-11-7-8-12-20(19)30/h4-15,33H,3,16H2,1-2H3/b23-15-,32-28?. The molecule has 39 heavy (non-hydrogen) atoms. The molecule has 1 amide bonds. The second-order valence-corrected chi connectivity index (χ2v) is 9.90. The van der Waals surface area contributed by atoms with Crippen LogP contribution in [0.5, 0.6) is 11.5 Å². The minimum Gasteiger partial charge on any atom is -0.506 e. The van der Waals surface area contributed by atoms with Gasteiger partial charge in [0, 0.05) is 16.1 Å². The monoisotopic (exact) mass is 583 g/mol. The Morgan fingerprint density at radius 1 is 1.03 bits per heavy atom. The van der Waals surface area contributed by atoms with Crippen LogP contribution in [0.4, 0.5) is 0 Å². The summed E-state index contributed by atoms with van der Waals surface area (Å²) in [7, 11) is 1.48. The number of aliphatic hydroxyl groups is 1. The van der Waals surface area contributed by atoms with Gasteiger partial charge in [0.25, 0.3) is 5.91 Å². The Bertz CT molecular complexity index is 1500. The Labute approximate surface area is 239 Å². The first-order valence-electron chi connectivity index (χ1n) is 11.7. The van der Waals surface area contributed by atoms with Crippen molar-refractivity contribution in [2.45, 2.75) is 13.5 Å². The number of hydrogen-bond donors (Lipinski definition) is 1. The molecule has 1 aliphatic heterocycles. The highest BCUT2D eigenvalue weighted by molar-refractivity contribution is 8.18. The number of amides is 1. The third-order valence-electron chi connectivity index (χ3n) is 5.47. The molecule has 200 valence electrons. The second kappa shape index (κ2) is 12.9. The van der Waals surface area contributed by atoms with Crippen LogP contribution in [-0.4, -0.2) is 35.7 Å². The topological polar surface area (TPSA) is 94.4 Å². The van der Waals surface area contributed by atoms with Gasteiger partial charge in [-0.1, -0.05) is 71.4 Å². The molecule has 0 fully saturated rings. The fourth-order valence-electron chi connectivity index (χ4n) is 3.61. The molecule has 0 saturated heterocycles. The van der Waals surface area contributed by atoms with E-state index in [9.17, 15) is 14.7 Å². The van der Waals surface area contributed by atoms with Crippen LogP contribution in [-0.2, 0) is 16.1 Å². The average molecular weight is 584 g/mol. The van der Waals surface area contributed by atoms with Gasteiger partial charge in [0.15, 0.2) is 11.5 Å². The normalized spacial score (nSPS) is 15.1. The number of aliphatic hydroxyl groups excluding tert-OH is 1. The van der Waals surface area contributed by atoms with Crippen LogP contribution < -0.4 is 9.47 Å². The maximum atomic E-state index is 12.7. The highest BCUT2D eigenvalue weighted by atomic mass is 35.5. The van der Waals surface area contributed by atoms with Gasteiger partial charge in [0.05, 0.1) is 23.6 Å². The molecular weight excluding hydrogens is 561 g/mol. The molecule has 0 saturated carbocycles. The van der Waals surface area contributed by atoms with E-state index in [1.54, 1.807) is 61.5 Å². The van der Waals surface area contributed by atoms with Crippen molar-refractivity contribution in [2.24, 2.45) is 4.99 Å². The van der Waals surface area contributed by atoms with Gasteiger partial charge in [-0.3, -0.25) is 4.79 Å². The Kier molecular flexibility index (Phi) is 9.35. The third-order valence-corrected chi connectivity index (χ3v) is 7.14. The van der Waals surface area contributed by atoms with Gasteiger partial charge in [-0.05, 0) is 48.9 Å². The molecule has 4 rings (SSSR count). The van der Waals surface area contributed by atoms with E-state index in [0.717, 1.165) is 17.3 Å². The number of carbonyl (C=O) groups excluding carboxylic acids is 2. The maximum Gasteiger partial charge on any atom is 0.344 e. The van der Waals surface area contributed by atoms with E-state index < -0.39 is 11.9 Å². The summed E-state index contributed by atoms with van der Waals surface area (Å²) in [5.41, 5.74) is 1.49. The number of ether oxygens (including phenoxy) is 3. The number of nitrogens with zero attached hydrogens (tertiary/aromatic N) is 1. The SMILES string of the molecule is CCOC(=O)C1=C(O)/C(=C/c2cc(Cl)c(OCc3ccccc3Cl)c(OC)c2)SC1=NC(=O)c1ccccc1. The summed E-state index contributed by atoms with van der Waals surface area (Å²) in [6.07, 6.45) is 1.60. The van der Waals surface area contributed by atoms with Gasteiger partial charge >= 0.3 is 5.97 Å². The third kappa shape index (κ3) is 6.65. The molecule has 1 aliphatic rings. The van der Waals surface area contributed by atoms with Crippen molar-refractivity contribution in [3.63, 3.8) is 0 Å². The van der Waals surface area contributed by atoms with Crippen molar-refractivity contribution < 1.29 is 28.9 Å². The van der Waals surface area contributed by atoms with Gasteiger partial charge in [0.1, 0.15) is 23.0 Å². The van der Waals surface area contributed by atoms with E-state index in [1.165, 1.54) is 7.11 Å². The molecule has 0 bridgehead atoms. The molecule has 0 spiro atoms. The lowest BCUT2D eigenvalue weighted by molar-refractivity contribution is -0.138. The molecule has 1 N–H and O–H groups in total. The zero-order valence-electron chi connectivity index (χ0n) is 20.9. The van der Waals surface area contributed by atoms with Crippen LogP contribution in [0.1, 0.15) is 28.4 Å². The molecule has 0 unspecified atom stereocenters. The maximum absolute atomic E-state index is 12.7. The zero-order valence-corrected chi connectivity index (χ0v) is 23.3. The molecule has 3 aromatic carbocycles. The smallest absolute Gasteiger partial charge is 0.344 e. The average Bonchev–Trinajstić information content (AvgIpc) is 3.23. The van der Waals surface area contributed by atoms with E-state index in [4.69, 9.17) is 37.4 Å². The molecule has 7 nitrogen and oxygen atoms in total. The van der Waals surface area contributed by atoms with E-state index in [-0.39, 0.29) is 39.5 Å². The highest BCUT2D eigenvalue weighted by Crippen LogP contribution is 2.42. The van der Waals surface area contributed by atoms with E-state index in [2.05, 4.69) is 4.99 Å². The summed E-state index contributed by atoms with van der Waals surface area (Å²) in [4.78, 5) is 29.7. The minimum absolute atomic E-state index is 0.0313. The van der Waals surface area contributed by atoms with Gasteiger partial charge in [-0.15, -0.1) is 0 Å². The van der Waals surface area contributed by atoms with Crippen LogP contribution >= 0.6 is 35.0 Å². The quantitative estimate of drug-likeness (QED) is 0.278. The van der Waals surface area contributed by atoms with E-state index in [0.29, 0.717) is 27.6 Å². The second-order valence-electron chi connectivity index (χ2n) is 8.06. The van der Waals surface area contributed by atoms with Crippen LogP contribution in [0.3, 0.4) is 0 Å². The Hall–Kier alpha value is -3.72. The number of thioether (sulfide) groups is 1. The van der Waals surface area contributed by atoms with Crippen LogP contribution in [0.15, 0.2) is 88.0 Å². The summed E-state index contributed by atoms with van der Waals surface area (Å²) in [6.45, 7) is 1.90. The Morgan fingerprint density at radius 3 is 2.44 bits per heavy atom. The van der Waals surface area contributed by atoms with E-state index >= 15 is 0 Å². The zero-order chi connectivity index (χ0) is 27.9. The van der Waals surface area contributed by atoms with Crippen LogP contribution in [0, 0.1) is 0 Å². The first-order valence-corrected chi connectivity index (χ1v) is 13.3. The summed E-state index contributed by atoms with van der Waals surface area (Å²) >= 11 is 13.7. The lowest BCUT2D eigenvalue weighted by Gasteiger charge is -2.14. The summed E-state index contributed by atoms with van der Waals surface area (Å²) < 4.78 is 16.5. The number of rotatable bonds is 8. The lowest BCUT2D eigenvalue weighted by Crippen LogP contribution is -2.14. The van der Waals surface area contributed by atoms with Crippen molar-refractivity contribution in [3.05, 3.63) is 110 Å². The van der Waals surface area contributed by atoms with Crippen molar-refractivity contribution in [1.82, 2.24) is 0 Å². The molecule has 0 radical (unpaired) electrons. The molecule has 3 aromatic rings. The number of benzene rings is 3. The summed E-state index contributed by atoms with van der Waals surface area (Å²) in [5.74, 6) is -1.02. The predicted octanol–water partition coefficient (Wildman–Crippen LogP) is 7.28. The number of esters is 1. The molecular formula is C29H23Cl2NO6S. The summed E-state index contributed by atoms with van der Waals surface area (Å²) in [5, 5.41) is 11.8. The summed E-state index contributed by atoms with van der Waals surface area (Å²) in [6, 6.07) is 19.0. The van der Waals surface area contributed by atoms with Crippen molar-refractivity contribution >= 4 is 58.0 Å². The van der Waals surface area contributed by atoms with Gasteiger partial charge in [-0.2, -0.15) is 0 Å². The molecule has 10 heteroatoms. The molecule has 1 heterocycles. The van der Waals surface area contributed by atoms with Crippen molar-refractivity contribution in [2.75, 3.05) is 13.7 Å². The van der Waals surface area contributed by atoms with Crippen molar-refractivity contribution in [3.8, 4) is 11.5 Å². The Balaban J connectivity index is 1.66. The first-order chi connectivity index (χ1) is 18.8. The van der Waals surface area contributed by atoms with Gasteiger partial charge < -0.3 is 19.3 Å². The minimum atomic E-state index is -0.788. The number of methoxy groups -OCH3 is 1. The number of hydrogen-bond acceptors (Lipinski definition) is 7. The van der Waals surface area contributed by atoms with E-state index in [1.807, 2.05) is 18.2 Å². The lowest BCUT2D eigenvalue weighted by atomic mass is 10.1. The number of halogens is 2. The van der Waals surface area contributed by atoms with Gasteiger partial charge in [-0.25, -0.2) is 9.79 Å².